The Labute approximate surface area is 104 Å². The molecule has 0 fully saturated rings. The first-order chi connectivity index (χ1) is 8.33. The highest BCUT2D eigenvalue weighted by Gasteiger charge is 2.04. The Balaban J connectivity index is 2.22. The first-order valence-electron chi connectivity index (χ1n) is 6.43. The Morgan fingerprint density at radius 1 is 1.06 bits per heavy atom. The van der Waals surface area contributed by atoms with Crippen molar-refractivity contribution in [2.24, 2.45) is 0 Å². The molecule has 0 unspecified atom stereocenters. The molecule has 0 atom stereocenters. The lowest BCUT2D eigenvalue weighted by Crippen LogP contribution is -1.94. The summed E-state index contributed by atoms with van der Waals surface area (Å²) in [5.74, 6) is 0. The van der Waals surface area contributed by atoms with E-state index in [1.54, 1.807) is 0 Å². The Morgan fingerprint density at radius 2 is 1.88 bits per heavy atom. The van der Waals surface area contributed by atoms with Gasteiger partial charge >= 0.3 is 0 Å². The number of fused-ring (bicyclic) bond motifs is 1. The van der Waals surface area contributed by atoms with Crippen molar-refractivity contribution in [2.75, 3.05) is 5.73 Å². The van der Waals surface area contributed by atoms with Gasteiger partial charge in [-0.2, -0.15) is 0 Å². The van der Waals surface area contributed by atoms with E-state index >= 15 is 0 Å². The Morgan fingerprint density at radius 3 is 2.71 bits per heavy atom. The average molecular weight is 226 g/mol. The molecular weight excluding hydrogens is 206 g/mol. The molecule has 2 N–H and O–H groups in total. The summed E-state index contributed by atoms with van der Waals surface area (Å²) in [4.78, 5) is 0. The molecule has 0 saturated heterocycles. The molecular formula is C16H20N. The average Bonchev–Trinajstić information content (AvgIpc) is 2.37. The number of benzene rings is 2. The molecule has 0 aliphatic carbocycles. The van der Waals surface area contributed by atoms with Gasteiger partial charge in [-0.05, 0) is 35.2 Å². The maximum absolute atomic E-state index is 6.07. The van der Waals surface area contributed by atoms with Crippen LogP contribution in [-0.2, 0) is 0 Å². The minimum absolute atomic E-state index is 0.889. The molecule has 0 aromatic heterocycles. The second-order valence-corrected chi connectivity index (χ2v) is 4.49. The minimum atomic E-state index is 0.889. The van der Waals surface area contributed by atoms with E-state index in [-0.39, 0.29) is 0 Å². The van der Waals surface area contributed by atoms with Gasteiger partial charge in [0.25, 0.3) is 0 Å². The number of hydrogen-bond donors (Lipinski definition) is 1. The van der Waals surface area contributed by atoms with Gasteiger partial charge in [0.2, 0.25) is 0 Å². The highest BCUT2D eigenvalue weighted by atomic mass is 14.6. The van der Waals surface area contributed by atoms with Crippen LogP contribution in [0.3, 0.4) is 0 Å². The fourth-order valence-electron chi connectivity index (χ4n) is 2.18. The molecule has 0 aliphatic rings. The van der Waals surface area contributed by atoms with Crippen LogP contribution in [0.2, 0.25) is 0 Å². The summed E-state index contributed by atoms with van der Waals surface area (Å²) < 4.78 is 0. The van der Waals surface area contributed by atoms with Crippen LogP contribution in [0.4, 0.5) is 5.69 Å². The third-order valence-electron chi connectivity index (χ3n) is 3.16. The molecule has 1 nitrogen and oxygen atoms in total. The first kappa shape index (κ1) is 12.0. The summed E-state index contributed by atoms with van der Waals surface area (Å²) in [5, 5.41) is 2.53. The van der Waals surface area contributed by atoms with Gasteiger partial charge < -0.3 is 5.73 Å². The van der Waals surface area contributed by atoms with Gasteiger partial charge in [-0.3, -0.25) is 0 Å². The number of anilines is 1. The van der Waals surface area contributed by atoms with Crippen LogP contribution in [0, 0.1) is 6.42 Å². The Hall–Kier alpha value is -1.50. The van der Waals surface area contributed by atoms with E-state index in [0.717, 1.165) is 12.1 Å². The molecule has 89 valence electrons. The zero-order chi connectivity index (χ0) is 12.1. The maximum atomic E-state index is 6.07. The quantitative estimate of drug-likeness (QED) is 0.587. The van der Waals surface area contributed by atoms with Gasteiger partial charge in [-0.1, -0.05) is 56.5 Å². The molecule has 0 heterocycles. The predicted octanol–water partition coefficient (Wildman–Crippen LogP) is 4.55. The van der Waals surface area contributed by atoms with E-state index in [9.17, 15) is 0 Å². The third kappa shape index (κ3) is 2.79. The second kappa shape index (κ2) is 5.72. The van der Waals surface area contributed by atoms with Crippen LogP contribution in [0.1, 0.15) is 38.2 Å². The molecule has 0 saturated carbocycles. The summed E-state index contributed by atoms with van der Waals surface area (Å²) in [6.45, 7) is 2.23. The van der Waals surface area contributed by atoms with Crippen LogP contribution in [0.5, 0.6) is 0 Å². The molecule has 2 aromatic rings. The summed E-state index contributed by atoms with van der Waals surface area (Å²) in [6, 6.07) is 12.5. The van der Waals surface area contributed by atoms with Crippen molar-refractivity contribution in [2.45, 2.75) is 32.6 Å². The van der Waals surface area contributed by atoms with Crippen molar-refractivity contribution in [1.29, 1.82) is 0 Å². The smallest absolute Gasteiger partial charge is 0.0356 e. The van der Waals surface area contributed by atoms with Crippen LogP contribution < -0.4 is 5.73 Å². The fourth-order valence-corrected chi connectivity index (χ4v) is 2.18. The highest BCUT2D eigenvalue weighted by Crippen LogP contribution is 2.27. The van der Waals surface area contributed by atoms with E-state index in [1.807, 2.05) is 6.07 Å². The lowest BCUT2D eigenvalue weighted by Gasteiger charge is -2.09. The number of nitrogens with two attached hydrogens (primary N) is 1. The van der Waals surface area contributed by atoms with Crippen LogP contribution in [-0.4, -0.2) is 0 Å². The second-order valence-electron chi connectivity index (χ2n) is 4.49. The zero-order valence-electron chi connectivity index (χ0n) is 10.4. The van der Waals surface area contributed by atoms with Crippen molar-refractivity contribution in [1.82, 2.24) is 0 Å². The zero-order valence-corrected chi connectivity index (χ0v) is 10.4. The van der Waals surface area contributed by atoms with Crippen LogP contribution in [0.15, 0.2) is 36.4 Å². The molecule has 0 bridgehead atoms. The van der Waals surface area contributed by atoms with Gasteiger partial charge in [-0.25, -0.2) is 0 Å². The molecule has 2 aromatic carbocycles. The number of rotatable bonds is 5. The minimum Gasteiger partial charge on any atom is -0.398 e. The van der Waals surface area contributed by atoms with E-state index in [0.29, 0.717) is 0 Å². The SMILES string of the molecule is CCCCC[CH]c1c(N)ccc2ccccc12. The van der Waals surface area contributed by atoms with Crippen molar-refractivity contribution in [3.63, 3.8) is 0 Å². The standard InChI is InChI=1S/C16H20N/c1-2-3-4-5-10-15-14-9-7-6-8-13(14)11-12-16(15)17/h6-12H,2-5,17H2,1H3. The molecule has 17 heavy (non-hydrogen) atoms. The van der Waals surface area contributed by atoms with Crippen LogP contribution >= 0.6 is 0 Å². The van der Waals surface area contributed by atoms with E-state index in [4.69, 9.17) is 5.73 Å². The van der Waals surface area contributed by atoms with Gasteiger partial charge in [0, 0.05) is 5.69 Å². The van der Waals surface area contributed by atoms with E-state index < -0.39 is 0 Å². The van der Waals surface area contributed by atoms with Crippen LogP contribution in [0.25, 0.3) is 10.8 Å². The third-order valence-corrected chi connectivity index (χ3v) is 3.16. The lowest BCUT2D eigenvalue weighted by molar-refractivity contribution is 0.715. The van der Waals surface area contributed by atoms with Crippen molar-refractivity contribution in [3.05, 3.63) is 48.4 Å². The van der Waals surface area contributed by atoms with Crippen molar-refractivity contribution < 1.29 is 0 Å². The summed E-state index contributed by atoms with van der Waals surface area (Å²) in [6.07, 6.45) is 7.21. The molecule has 1 heteroatoms. The van der Waals surface area contributed by atoms with Gasteiger partial charge in [0.1, 0.15) is 0 Å². The monoisotopic (exact) mass is 226 g/mol. The summed E-state index contributed by atoms with van der Waals surface area (Å²) in [7, 11) is 0. The number of nitrogen functional groups attached to an aromatic ring is 1. The van der Waals surface area contributed by atoms with Crippen molar-refractivity contribution >= 4 is 16.5 Å². The van der Waals surface area contributed by atoms with E-state index in [1.165, 1.54) is 35.6 Å². The maximum Gasteiger partial charge on any atom is 0.0356 e. The fraction of sp³-hybridized carbons (Fsp3) is 0.312. The van der Waals surface area contributed by atoms with Gasteiger partial charge in [-0.15, -0.1) is 0 Å². The normalized spacial score (nSPS) is 10.9. The predicted molar refractivity (Wildman–Crippen MR) is 75.9 cm³/mol. The first-order valence-corrected chi connectivity index (χ1v) is 6.43. The summed E-state index contributed by atoms with van der Waals surface area (Å²) in [5.41, 5.74) is 8.17. The lowest BCUT2D eigenvalue weighted by atomic mass is 9.98. The largest absolute Gasteiger partial charge is 0.398 e. The number of hydrogen-bond acceptors (Lipinski definition) is 1. The molecule has 0 amide bonds. The molecule has 2 rings (SSSR count). The van der Waals surface area contributed by atoms with Gasteiger partial charge in [0.15, 0.2) is 0 Å². The molecule has 0 aliphatic heterocycles. The summed E-state index contributed by atoms with van der Waals surface area (Å²) >= 11 is 0. The topological polar surface area (TPSA) is 26.0 Å². The Kier molecular flexibility index (Phi) is 4.03. The highest BCUT2D eigenvalue weighted by molar-refractivity contribution is 5.90. The molecule has 0 spiro atoms. The van der Waals surface area contributed by atoms with Gasteiger partial charge in [0.05, 0.1) is 0 Å². The Bertz CT molecular complexity index is 488. The number of unbranched alkanes of at least 4 members (excludes halogenated alkanes) is 3. The van der Waals surface area contributed by atoms with E-state index in [2.05, 4.69) is 43.7 Å². The van der Waals surface area contributed by atoms with Crippen molar-refractivity contribution in [3.8, 4) is 0 Å². The molecule has 1 radical (unpaired) electrons.